The van der Waals surface area contributed by atoms with Crippen molar-refractivity contribution in [1.29, 1.82) is 0 Å². The zero-order valence-electron chi connectivity index (χ0n) is 10.3. The Balaban J connectivity index is 1.87. The number of ether oxygens (including phenoxy) is 1. The highest BCUT2D eigenvalue weighted by molar-refractivity contribution is 7.13. The third-order valence-corrected chi connectivity index (χ3v) is 3.57. The zero-order valence-corrected chi connectivity index (χ0v) is 11.1. The minimum Gasteiger partial charge on any atom is -0.473 e. The van der Waals surface area contributed by atoms with E-state index in [1.807, 2.05) is 0 Å². The van der Waals surface area contributed by atoms with E-state index in [9.17, 15) is 14.4 Å². The van der Waals surface area contributed by atoms with Crippen molar-refractivity contribution in [2.24, 2.45) is 0 Å². The van der Waals surface area contributed by atoms with Crippen LogP contribution in [-0.4, -0.2) is 35.9 Å². The van der Waals surface area contributed by atoms with Crippen molar-refractivity contribution < 1.29 is 19.1 Å². The fraction of sp³-hybridized carbons (Fsp3) is 0.455. The fourth-order valence-electron chi connectivity index (χ4n) is 1.70. The first kappa shape index (κ1) is 13.5. The van der Waals surface area contributed by atoms with E-state index in [-0.39, 0.29) is 24.7 Å². The summed E-state index contributed by atoms with van der Waals surface area (Å²) >= 11 is 1.28. The molecular weight excluding hydrogens is 270 g/mol. The van der Waals surface area contributed by atoms with Gasteiger partial charge in [-0.2, -0.15) is 0 Å². The Labute approximate surface area is 113 Å². The van der Waals surface area contributed by atoms with Crippen LogP contribution in [0.1, 0.15) is 17.7 Å². The van der Waals surface area contributed by atoms with Crippen LogP contribution < -0.4 is 15.4 Å². The van der Waals surface area contributed by atoms with Crippen molar-refractivity contribution in [1.82, 2.24) is 15.6 Å². The molecule has 0 aliphatic carbocycles. The number of aromatic nitrogens is 1. The van der Waals surface area contributed by atoms with Gasteiger partial charge in [0.25, 0.3) is 5.19 Å². The van der Waals surface area contributed by atoms with E-state index in [2.05, 4.69) is 15.6 Å². The Bertz CT molecular complexity index is 514. The fourth-order valence-corrected chi connectivity index (χ4v) is 2.42. The second-order valence-corrected chi connectivity index (χ2v) is 5.12. The average Bonchev–Trinajstić information content (AvgIpc) is 2.80. The van der Waals surface area contributed by atoms with E-state index in [1.165, 1.54) is 18.4 Å². The summed E-state index contributed by atoms with van der Waals surface area (Å²) in [5.74, 6) is -1.03. The average molecular weight is 283 g/mol. The van der Waals surface area contributed by atoms with Crippen LogP contribution >= 0.6 is 11.3 Å². The molecule has 0 saturated carbocycles. The zero-order chi connectivity index (χ0) is 13.8. The molecule has 1 unspecified atom stereocenters. The highest BCUT2D eigenvalue weighted by atomic mass is 32.1. The van der Waals surface area contributed by atoms with Gasteiger partial charge in [-0.05, 0) is 6.42 Å². The lowest BCUT2D eigenvalue weighted by atomic mass is 10.1. The first-order valence-electron chi connectivity index (χ1n) is 5.70. The molecule has 3 amide bonds. The van der Waals surface area contributed by atoms with E-state index in [4.69, 9.17) is 4.74 Å². The van der Waals surface area contributed by atoms with Crippen LogP contribution in [0.25, 0.3) is 0 Å². The number of nitrogens with one attached hydrogen (secondary N) is 2. The van der Waals surface area contributed by atoms with Gasteiger partial charge in [0.15, 0.2) is 0 Å². The SMILES string of the molecule is COc1ncc(CC(=O)NC2CCC(=O)NC2=O)s1. The summed E-state index contributed by atoms with van der Waals surface area (Å²) < 4.78 is 4.93. The number of carbonyl (C=O) groups excluding carboxylic acids is 3. The summed E-state index contributed by atoms with van der Waals surface area (Å²) in [6.45, 7) is 0. The molecule has 1 saturated heterocycles. The highest BCUT2D eigenvalue weighted by Crippen LogP contribution is 2.20. The van der Waals surface area contributed by atoms with Crippen molar-refractivity contribution >= 4 is 29.1 Å². The smallest absolute Gasteiger partial charge is 0.273 e. The summed E-state index contributed by atoms with van der Waals surface area (Å²) in [6, 6.07) is -0.639. The molecule has 2 rings (SSSR count). The molecule has 19 heavy (non-hydrogen) atoms. The molecule has 1 atom stereocenters. The second-order valence-electron chi connectivity index (χ2n) is 4.04. The first-order chi connectivity index (χ1) is 9.08. The van der Waals surface area contributed by atoms with Crippen LogP contribution in [0.15, 0.2) is 6.20 Å². The number of piperidine rings is 1. The Hall–Kier alpha value is -1.96. The lowest BCUT2D eigenvalue weighted by Crippen LogP contribution is -2.52. The molecule has 102 valence electrons. The van der Waals surface area contributed by atoms with Crippen LogP contribution in [0.2, 0.25) is 0 Å². The molecule has 0 bridgehead atoms. The normalized spacial score (nSPS) is 18.9. The second kappa shape index (κ2) is 5.79. The van der Waals surface area contributed by atoms with Crippen molar-refractivity contribution in [3.63, 3.8) is 0 Å². The molecule has 1 aliphatic rings. The van der Waals surface area contributed by atoms with Crippen LogP contribution in [0.4, 0.5) is 0 Å². The van der Waals surface area contributed by atoms with Crippen molar-refractivity contribution in [2.45, 2.75) is 25.3 Å². The van der Waals surface area contributed by atoms with Gasteiger partial charge < -0.3 is 10.1 Å². The van der Waals surface area contributed by atoms with E-state index < -0.39 is 11.9 Å². The lowest BCUT2D eigenvalue weighted by molar-refractivity contribution is -0.137. The van der Waals surface area contributed by atoms with E-state index in [0.717, 1.165) is 4.88 Å². The first-order valence-corrected chi connectivity index (χ1v) is 6.52. The van der Waals surface area contributed by atoms with Gasteiger partial charge in [-0.1, -0.05) is 11.3 Å². The number of amides is 3. The molecule has 2 heterocycles. The van der Waals surface area contributed by atoms with E-state index >= 15 is 0 Å². The van der Waals surface area contributed by atoms with Crippen molar-refractivity contribution in [2.75, 3.05) is 7.11 Å². The summed E-state index contributed by atoms with van der Waals surface area (Å²) in [5.41, 5.74) is 0. The number of thiazole rings is 1. The summed E-state index contributed by atoms with van der Waals surface area (Å²) in [7, 11) is 1.51. The van der Waals surface area contributed by atoms with Gasteiger partial charge in [0.2, 0.25) is 17.7 Å². The Morgan fingerprint density at radius 2 is 2.42 bits per heavy atom. The maximum Gasteiger partial charge on any atom is 0.273 e. The summed E-state index contributed by atoms with van der Waals surface area (Å²) in [5, 5.41) is 5.28. The van der Waals surface area contributed by atoms with Crippen LogP contribution in [0.3, 0.4) is 0 Å². The molecular formula is C11H13N3O4S. The molecule has 0 spiro atoms. The lowest BCUT2D eigenvalue weighted by Gasteiger charge is -2.21. The molecule has 1 fully saturated rings. The van der Waals surface area contributed by atoms with Gasteiger partial charge in [-0.3, -0.25) is 19.7 Å². The van der Waals surface area contributed by atoms with Crippen LogP contribution in [0, 0.1) is 0 Å². The van der Waals surface area contributed by atoms with Crippen molar-refractivity contribution in [3.8, 4) is 5.19 Å². The number of imide groups is 1. The number of hydrogen-bond donors (Lipinski definition) is 2. The third-order valence-electron chi connectivity index (χ3n) is 2.62. The predicted octanol–water partition coefficient (Wildman–Crippen LogP) is -0.384. The number of carbonyl (C=O) groups is 3. The minimum absolute atomic E-state index is 0.138. The summed E-state index contributed by atoms with van der Waals surface area (Å²) in [4.78, 5) is 38.9. The highest BCUT2D eigenvalue weighted by Gasteiger charge is 2.27. The third kappa shape index (κ3) is 3.50. The molecule has 0 radical (unpaired) electrons. The molecule has 1 aromatic heterocycles. The predicted molar refractivity (Wildman–Crippen MR) is 66.7 cm³/mol. The number of nitrogens with zero attached hydrogens (tertiary/aromatic N) is 1. The van der Waals surface area contributed by atoms with Gasteiger partial charge >= 0.3 is 0 Å². The van der Waals surface area contributed by atoms with Crippen molar-refractivity contribution in [3.05, 3.63) is 11.1 Å². The number of rotatable bonds is 4. The molecule has 1 aliphatic heterocycles. The largest absolute Gasteiger partial charge is 0.473 e. The topological polar surface area (TPSA) is 97.4 Å². The molecule has 7 nitrogen and oxygen atoms in total. The molecule has 2 N–H and O–H groups in total. The molecule has 1 aromatic rings. The number of methoxy groups -OCH3 is 1. The van der Waals surface area contributed by atoms with Crippen LogP contribution in [0.5, 0.6) is 5.19 Å². The number of hydrogen-bond acceptors (Lipinski definition) is 6. The van der Waals surface area contributed by atoms with E-state index in [0.29, 0.717) is 11.6 Å². The molecule has 8 heteroatoms. The maximum atomic E-state index is 11.8. The van der Waals surface area contributed by atoms with Gasteiger partial charge in [0.1, 0.15) is 6.04 Å². The van der Waals surface area contributed by atoms with E-state index in [1.54, 1.807) is 6.20 Å². The van der Waals surface area contributed by atoms with Gasteiger partial charge in [0.05, 0.1) is 13.5 Å². The Morgan fingerprint density at radius 1 is 1.63 bits per heavy atom. The quantitative estimate of drug-likeness (QED) is 0.734. The maximum absolute atomic E-state index is 11.8. The van der Waals surface area contributed by atoms with Gasteiger partial charge in [0, 0.05) is 17.5 Å². The monoisotopic (exact) mass is 283 g/mol. The van der Waals surface area contributed by atoms with Crippen LogP contribution in [-0.2, 0) is 20.8 Å². The molecule has 0 aromatic carbocycles. The minimum atomic E-state index is -0.639. The standard InChI is InChI=1S/C11H13N3O4S/c1-18-11-12-5-6(19-11)4-9(16)13-7-2-3-8(15)14-10(7)17/h5,7H,2-4H2,1H3,(H,13,16)(H,14,15,17). The summed E-state index contributed by atoms with van der Waals surface area (Å²) in [6.07, 6.45) is 2.28. The van der Waals surface area contributed by atoms with Gasteiger partial charge in [-0.25, -0.2) is 4.98 Å². The van der Waals surface area contributed by atoms with Gasteiger partial charge in [-0.15, -0.1) is 0 Å². The Morgan fingerprint density at radius 3 is 3.05 bits per heavy atom. The Kier molecular flexibility index (Phi) is 4.10.